The lowest BCUT2D eigenvalue weighted by Crippen LogP contribution is -2.01. The van der Waals surface area contributed by atoms with Crippen LogP contribution in [0.2, 0.25) is 0 Å². The Bertz CT molecular complexity index is 930. The highest BCUT2D eigenvalue weighted by Gasteiger charge is 2.22. The molecule has 2 aromatic rings. The van der Waals surface area contributed by atoms with E-state index in [2.05, 4.69) is 41.2 Å². The molecule has 0 spiro atoms. The van der Waals surface area contributed by atoms with Crippen molar-refractivity contribution in [2.45, 2.75) is 84.0 Å². The quantitative estimate of drug-likeness (QED) is 0.434. The average Bonchev–Trinajstić information content (AvgIpc) is 3.51. The first-order chi connectivity index (χ1) is 15.3. The number of aryl methyl sites for hydroxylation is 1. The molecule has 4 heteroatoms. The molecule has 1 atom stereocenters. The van der Waals surface area contributed by atoms with Crippen molar-refractivity contribution in [3.63, 3.8) is 0 Å². The van der Waals surface area contributed by atoms with Gasteiger partial charge in [-0.15, -0.1) is 0 Å². The molecule has 166 valence electrons. The zero-order valence-corrected chi connectivity index (χ0v) is 19.2. The first kappa shape index (κ1) is 21.7. The Kier molecular flexibility index (Phi) is 7.50. The summed E-state index contributed by atoms with van der Waals surface area (Å²) >= 11 is 0. The number of ether oxygens (including phenoxy) is 1. The van der Waals surface area contributed by atoms with Gasteiger partial charge in [0.1, 0.15) is 11.5 Å². The molecule has 1 aliphatic heterocycles. The van der Waals surface area contributed by atoms with E-state index in [0.717, 1.165) is 29.3 Å². The van der Waals surface area contributed by atoms with E-state index in [1.54, 1.807) is 0 Å². The Hall–Kier alpha value is -2.49. The largest absolute Gasteiger partial charge is 0.492 e. The van der Waals surface area contributed by atoms with Crippen LogP contribution >= 0.6 is 0 Å². The molecule has 0 fully saturated rings. The normalized spacial score (nSPS) is 20.6. The van der Waals surface area contributed by atoms with Crippen LogP contribution in [0.1, 0.15) is 100 Å². The Labute approximate surface area is 186 Å². The smallest absolute Gasteiger partial charge is 0.147 e. The Morgan fingerprint density at radius 2 is 2.06 bits per heavy atom. The van der Waals surface area contributed by atoms with Crippen molar-refractivity contribution in [3.8, 4) is 0 Å². The highest BCUT2D eigenvalue weighted by atomic mass is 16.5. The van der Waals surface area contributed by atoms with Gasteiger partial charge in [0, 0.05) is 23.7 Å². The van der Waals surface area contributed by atoms with Gasteiger partial charge in [0.15, 0.2) is 0 Å². The SMILES string of the molecule is CCCCCC1CCCCCCc2cc1c(/C=C1/N=C(c3ccc[nH]3)C=C1OCC)[nH]2. The topological polar surface area (TPSA) is 53.2 Å². The van der Waals surface area contributed by atoms with Crippen molar-refractivity contribution in [1.29, 1.82) is 0 Å². The van der Waals surface area contributed by atoms with Crippen molar-refractivity contribution in [2.75, 3.05) is 6.61 Å². The van der Waals surface area contributed by atoms with Crippen molar-refractivity contribution in [3.05, 3.63) is 64.6 Å². The van der Waals surface area contributed by atoms with E-state index in [4.69, 9.17) is 9.73 Å². The molecule has 1 unspecified atom stereocenters. The second-order valence-electron chi connectivity index (χ2n) is 8.86. The summed E-state index contributed by atoms with van der Waals surface area (Å²) in [6.07, 6.45) is 19.2. The first-order valence-corrected chi connectivity index (χ1v) is 12.3. The van der Waals surface area contributed by atoms with E-state index in [1.807, 2.05) is 19.2 Å². The maximum atomic E-state index is 5.96. The molecule has 0 saturated heterocycles. The van der Waals surface area contributed by atoms with Gasteiger partial charge in [-0.3, -0.25) is 0 Å². The van der Waals surface area contributed by atoms with Crippen LogP contribution in [0.15, 0.2) is 46.9 Å². The zero-order valence-electron chi connectivity index (χ0n) is 19.2. The third-order valence-corrected chi connectivity index (χ3v) is 6.50. The fraction of sp³-hybridized carbons (Fsp3) is 0.519. The van der Waals surface area contributed by atoms with Gasteiger partial charge in [0.05, 0.1) is 18.0 Å². The second-order valence-corrected chi connectivity index (χ2v) is 8.86. The lowest BCUT2D eigenvalue weighted by atomic mass is 9.87. The summed E-state index contributed by atoms with van der Waals surface area (Å²) in [5.41, 5.74) is 6.97. The van der Waals surface area contributed by atoms with Crippen LogP contribution in [0.4, 0.5) is 0 Å². The van der Waals surface area contributed by atoms with Crippen LogP contribution in [0.5, 0.6) is 0 Å². The molecule has 0 saturated carbocycles. The molecule has 4 rings (SSSR count). The summed E-state index contributed by atoms with van der Waals surface area (Å²) in [6, 6.07) is 6.51. The highest BCUT2D eigenvalue weighted by molar-refractivity contribution is 6.11. The molecular formula is C27H37N3O. The van der Waals surface area contributed by atoms with Gasteiger partial charge in [-0.1, -0.05) is 45.4 Å². The number of hydrogen-bond acceptors (Lipinski definition) is 2. The van der Waals surface area contributed by atoms with Crippen LogP contribution in [0, 0.1) is 0 Å². The molecule has 2 aromatic heterocycles. The summed E-state index contributed by atoms with van der Waals surface area (Å²) in [7, 11) is 0. The van der Waals surface area contributed by atoms with Gasteiger partial charge < -0.3 is 14.7 Å². The minimum absolute atomic E-state index is 0.634. The average molecular weight is 420 g/mol. The molecule has 0 amide bonds. The molecule has 31 heavy (non-hydrogen) atoms. The van der Waals surface area contributed by atoms with Crippen LogP contribution < -0.4 is 0 Å². The molecule has 1 aliphatic carbocycles. The van der Waals surface area contributed by atoms with Crippen molar-refractivity contribution in [1.82, 2.24) is 9.97 Å². The van der Waals surface area contributed by atoms with Gasteiger partial charge in [-0.05, 0) is 68.4 Å². The van der Waals surface area contributed by atoms with Gasteiger partial charge in [0.25, 0.3) is 0 Å². The molecule has 0 radical (unpaired) electrons. The number of aromatic amines is 2. The molecule has 0 aromatic carbocycles. The Morgan fingerprint density at radius 3 is 2.87 bits per heavy atom. The fourth-order valence-electron chi connectivity index (χ4n) is 4.85. The number of aromatic nitrogens is 2. The summed E-state index contributed by atoms with van der Waals surface area (Å²) in [5, 5.41) is 0. The van der Waals surface area contributed by atoms with E-state index in [1.165, 1.54) is 74.7 Å². The highest BCUT2D eigenvalue weighted by Crippen LogP contribution is 2.35. The van der Waals surface area contributed by atoms with Crippen LogP contribution in [0.3, 0.4) is 0 Å². The van der Waals surface area contributed by atoms with Crippen molar-refractivity contribution in [2.24, 2.45) is 4.99 Å². The number of hydrogen-bond donors (Lipinski definition) is 2. The number of unbranched alkanes of at least 4 members (excludes halogenated alkanes) is 2. The number of nitrogens with zero attached hydrogens (tertiary/aromatic N) is 1. The molecule has 4 nitrogen and oxygen atoms in total. The summed E-state index contributed by atoms with van der Waals surface area (Å²) in [4.78, 5) is 11.9. The number of fused-ring (bicyclic) bond motifs is 2. The fourth-order valence-corrected chi connectivity index (χ4v) is 4.85. The minimum atomic E-state index is 0.634. The zero-order chi connectivity index (χ0) is 21.5. The van der Waals surface area contributed by atoms with E-state index < -0.39 is 0 Å². The second kappa shape index (κ2) is 10.7. The third kappa shape index (κ3) is 5.41. The van der Waals surface area contributed by atoms with Crippen molar-refractivity contribution < 1.29 is 4.74 Å². The van der Waals surface area contributed by atoms with Crippen LogP contribution in [-0.4, -0.2) is 22.3 Å². The van der Waals surface area contributed by atoms with Gasteiger partial charge >= 0.3 is 0 Å². The number of aliphatic imine (C=N–C) groups is 1. The van der Waals surface area contributed by atoms with Crippen molar-refractivity contribution >= 4 is 11.8 Å². The third-order valence-electron chi connectivity index (χ3n) is 6.50. The standard InChI is InChI=1S/C27H37N3O/c1-3-5-8-12-20-13-9-6-7-10-14-21-17-22(20)24(29-21)18-26-27(31-4-2)19-25(30-26)23-15-11-16-28-23/h11,15-20,28-29H,3-10,12-14H2,1-2H3/b26-18+. The van der Waals surface area contributed by atoms with E-state index in [9.17, 15) is 0 Å². The van der Waals surface area contributed by atoms with E-state index in [-0.39, 0.29) is 0 Å². The minimum Gasteiger partial charge on any atom is -0.492 e. The molecule has 3 heterocycles. The summed E-state index contributed by atoms with van der Waals surface area (Å²) in [6.45, 7) is 4.96. The Balaban J connectivity index is 1.68. The maximum absolute atomic E-state index is 5.96. The monoisotopic (exact) mass is 419 g/mol. The number of allylic oxidation sites excluding steroid dienone is 1. The predicted octanol–water partition coefficient (Wildman–Crippen LogP) is 7.28. The van der Waals surface area contributed by atoms with E-state index in [0.29, 0.717) is 12.5 Å². The first-order valence-electron chi connectivity index (χ1n) is 12.3. The summed E-state index contributed by atoms with van der Waals surface area (Å²) < 4.78 is 5.96. The van der Waals surface area contributed by atoms with Crippen LogP contribution in [-0.2, 0) is 11.2 Å². The lowest BCUT2D eigenvalue weighted by molar-refractivity contribution is 0.239. The predicted molar refractivity (Wildman–Crippen MR) is 129 cm³/mol. The molecule has 2 aliphatic rings. The van der Waals surface area contributed by atoms with Gasteiger partial charge in [-0.2, -0.15) is 0 Å². The van der Waals surface area contributed by atoms with Gasteiger partial charge in [0.2, 0.25) is 0 Å². The van der Waals surface area contributed by atoms with Crippen LogP contribution in [0.25, 0.3) is 6.08 Å². The lowest BCUT2D eigenvalue weighted by Gasteiger charge is -2.18. The molecule has 2 N–H and O–H groups in total. The maximum Gasteiger partial charge on any atom is 0.147 e. The summed E-state index contributed by atoms with van der Waals surface area (Å²) in [5.74, 6) is 1.50. The number of nitrogens with one attached hydrogen (secondary N) is 2. The number of rotatable bonds is 8. The molecular weight excluding hydrogens is 382 g/mol. The van der Waals surface area contributed by atoms with E-state index >= 15 is 0 Å². The Morgan fingerprint density at radius 1 is 1.16 bits per heavy atom. The molecule has 2 bridgehead atoms. The number of H-pyrrole nitrogens is 2. The van der Waals surface area contributed by atoms with Gasteiger partial charge in [-0.25, -0.2) is 4.99 Å².